The number of piperidine rings is 1. The van der Waals surface area contributed by atoms with Crippen molar-refractivity contribution in [3.05, 3.63) is 0 Å². The van der Waals surface area contributed by atoms with Crippen LogP contribution < -0.4 is 5.32 Å². The molecule has 0 aromatic carbocycles. The van der Waals surface area contributed by atoms with Crippen LogP contribution in [0.5, 0.6) is 0 Å². The molecule has 0 radical (unpaired) electrons. The number of nitrogens with one attached hydrogen (secondary N) is 1. The fourth-order valence-electron chi connectivity index (χ4n) is 3.51. The zero-order chi connectivity index (χ0) is 12.8. The smallest absolute Gasteiger partial charge is 0.0107 e. The molecule has 0 spiro atoms. The zero-order valence-corrected chi connectivity index (χ0v) is 12.5. The summed E-state index contributed by atoms with van der Waals surface area (Å²) in [6.45, 7) is 9.88. The Morgan fingerprint density at radius 2 is 1.67 bits per heavy atom. The van der Waals surface area contributed by atoms with Gasteiger partial charge in [0, 0.05) is 19.1 Å². The summed E-state index contributed by atoms with van der Waals surface area (Å²) in [6.07, 6.45) is 9.90. The molecular weight excluding hydrogens is 220 g/mol. The Morgan fingerprint density at radius 3 is 2.28 bits per heavy atom. The summed E-state index contributed by atoms with van der Waals surface area (Å²) in [7, 11) is 0. The molecule has 1 N–H and O–H groups in total. The van der Waals surface area contributed by atoms with E-state index in [0.29, 0.717) is 0 Å². The van der Waals surface area contributed by atoms with Gasteiger partial charge in [-0.3, -0.25) is 0 Å². The lowest BCUT2D eigenvalue weighted by molar-refractivity contribution is 0.178. The minimum absolute atomic E-state index is 0.814. The topological polar surface area (TPSA) is 15.3 Å². The van der Waals surface area contributed by atoms with Gasteiger partial charge in [0.1, 0.15) is 0 Å². The van der Waals surface area contributed by atoms with Crippen LogP contribution in [0.4, 0.5) is 0 Å². The van der Waals surface area contributed by atoms with Crippen molar-refractivity contribution in [3.8, 4) is 0 Å². The maximum absolute atomic E-state index is 3.77. The second kappa shape index (κ2) is 7.49. The molecule has 1 aliphatic carbocycles. The van der Waals surface area contributed by atoms with Crippen LogP contribution in [0.3, 0.4) is 0 Å². The van der Waals surface area contributed by atoms with E-state index >= 15 is 0 Å². The third-order valence-corrected chi connectivity index (χ3v) is 5.16. The maximum atomic E-state index is 3.77. The van der Waals surface area contributed by atoms with Crippen molar-refractivity contribution in [3.63, 3.8) is 0 Å². The van der Waals surface area contributed by atoms with Crippen molar-refractivity contribution < 1.29 is 0 Å². The summed E-state index contributed by atoms with van der Waals surface area (Å²) in [4.78, 5) is 2.66. The van der Waals surface area contributed by atoms with Crippen molar-refractivity contribution >= 4 is 0 Å². The first-order valence-electron chi connectivity index (χ1n) is 8.23. The SMILES string of the molecule is CCC1CCN(CCNC2CCC(C)CC2)CC1. The highest BCUT2D eigenvalue weighted by Gasteiger charge is 2.19. The Labute approximate surface area is 114 Å². The van der Waals surface area contributed by atoms with E-state index in [9.17, 15) is 0 Å². The van der Waals surface area contributed by atoms with Crippen molar-refractivity contribution in [1.29, 1.82) is 0 Å². The lowest BCUT2D eigenvalue weighted by Gasteiger charge is -2.32. The van der Waals surface area contributed by atoms with E-state index in [2.05, 4.69) is 24.1 Å². The summed E-state index contributed by atoms with van der Waals surface area (Å²) >= 11 is 0. The number of nitrogens with zero attached hydrogens (tertiary/aromatic N) is 1. The van der Waals surface area contributed by atoms with Gasteiger partial charge >= 0.3 is 0 Å². The van der Waals surface area contributed by atoms with Gasteiger partial charge in [0.25, 0.3) is 0 Å². The second-order valence-electron chi connectivity index (χ2n) is 6.60. The molecule has 0 unspecified atom stereocenters. The van der Waals surface area contributed by atoms with E-state index in [-0.39, 0.29) is 0 Å². The van der Waals surface area contributed by atoms with Gasteiger partial charge in [-0.2, -0.15) is 0 Å². The number of likely N-dealkylation sites (tertiary alicyclic amines) is 1. The van der Waals surface area contributed by atoms with Gasteiger partial charge in [-0.1, -0.05) is 20.3 Å². The van der Waals surface area contributed by atoms with Gasteiger partial charge in [-0.25, -0.2) is 0 Å². The van der Waals surface area contributed by atoms with Crippen molar-refractivity contribution in [2.75, 3.05) is 26.2 Å². The third kappa shape index (κ3) is 4.55. The van der Waals surface area contributed by atoms with Gasteiger partial charge in [0.15, 0.2) is 0 Å². The molecule has 2 rings (SSSR count). The van der Waals surface area contributed by atoms with Gasteiger partial charge in [-0.05, 0) is 63.5 Å². The summed E-state index contributed by atoms with van der Waals surface area (Å²) in [5.41, 5.74) is 0. The van der Waals surface area contributed by atoms with Gasteiger partial charge < -0.3 is 10.2 Å². The fraction of sp³-hybridized carbons (Fsp3) is 1.00. The Bertz CT molecular complexity index is 213. The first-order chi connectivity index (χ1) is 8.78. The van der Waals surface area contributed by atoms with E-state index in [4.69, 9.17) is 0 Å². The molecule has 0 amide bonds. The molecule has 1 saturated heterocycles. The molecule has 2 aliphatic rings. The first-order valence-corrected chi connectivity index (χ1v) is 8.23. The number of hydrogen-bond acceptors (Lipinski definition) is 2. The van der Waals surface area contributed by atoms with Crippen LogP contribution in [0.1, 0.15) is 58.8 Å². The molecule has 2 fully saturated rings. The van der Waals surface area contributed by atoms with Crippen LogP contribution in [0.25, 0.3) is 0 Å². The van der Waals surface area contributed by atoms with Crippen LogP contribution in [-0.4, -0.2) is 37.1 Å². The van der Waals surface area contributed by atoms with E-state index in [1.165, 1.54) is 71.1 Å². The number of hydrogen-bond donors (Lipinski definition) is 1. The predicted molar refractivity (Wildman–Crippen MR) is 78.9 cm³/mol. The number of rotatable bonds is 5. The zero-order valence-electron chi connectivity index (χ0n) is 12.5. The van der Waals surface area contributed by atoms with Crippen LogP contribution in [-0.2, 0) is 0 Å². The van der Waals surface area contributed by atoms with E-state index in [1.807, 2.05) is 0 Å². The largest absolute Gasteiger partial charge is 0.313 e. The minimum atomic E-state index is 0.814. The van der Waals surface area contributed by atoms with Crippen LogP contribution in [0.2, 0.25) is 0 Å². The monoisotopic (exact) mass is 252 g/mol. The molecule has 1 aliphatic heterocycles. The highest BCUT2D eigenvalue weighted by molar-refractivity contribution is 4.77. The van der Waals surface area contributed by atoms with Crippen LogP contribution in [0, 0.1) is 11.8 Å². The van der Waals surface area contributed by atoms with Crippen molar-refractivity contribution in [2.45, 2.75) is 64.8 Å². The molecule has 18 heavy (non-hydrogen) atoms. The average Bonchev–Trinajstić information content (AvgIpc) is 2.42. The summed E-state index contributed by atoms with van der Waals surface area (Å²) in [6, 6.07) is 0.814. The molecule has 0 bridgehead atoms. The Balaban J connectivity index is 1.53. The molecule has 0 atom stereocenters. The Morgan fingerprint density at radius 1 is 1.00 bits per heavy atom. The summed E-state index contributed by atoms with van der Waals surface area (Å²) in [5.74, 6) is 1.98. The van der Waals surface area contributed by atoms with Crippen LogP contribution >= 0.6 is 0 Å². The lowest BCUT2D eigenvalue weighted by Crippen LogP contribution is -2.41. The minimum Gasteiger partial charge on any atom is -0.313 e. The van der Waals surface area contributed by atoms with Crippen molar-refractivity contribution in [1.82, 2.24) is 10.2 Å². The van der Waals surface area contributed by atoms with Crippen molar-refractivity contribution in [2.24, 2.45) is 11.8 Å². The van der Waals surface area contributed by atoms with Gasteiger partial charge in [-0.15, -0.1) is 0 Å². The third-order valence-electron chi connectivity index (χ3n) is 5.16. The molecule has 1 saturated carbocycles. The molecule has 1 heterocycles. The van der Waals surface area contributed by atoms with E-state index in [1.54, 1.807) is 0 Å². The first kappa shape index (κ1) is 14.3. The molecule has 2 heteroatoms. The van der Waals surface area contributed by atoms with Gasteiger partial charge in [0.2, 0.25) is 0 Å². The molecule has 2 nitrogen and oxygen atoms in total. The lowest BCUT2D eigenvalue weighted by atomic mass is 9.87. The fourth-order valence-corrected chi connectivity index (χ4v) is 3.51. The van der Waals surface area contributed by atoms with Gasteiger partial charge in [0.05, 0.1) is 0 Å². The predicted octanol–water partition coefficient (Wildman–Crippen LogP) is 3.28. The van der Waals surface area contributed by atoms with E-state index in [0.717, 1.165) is 17.9 Å². The standard InChI is InChI=1S/C16H32N2/c1-3-15-8-11-18(12-9-15)13-10-17-16-6-4-14(2)5-7-16/h14-17H,3-13H2,1-2H3. The Hall–Kier alpha value is -0.0800. The second-order valence-corrected chi connectivity index (χ2v) is 6.60. The molecule has 106 valence electrons. The highest BCUT2D eigenvalue weighted by Crippen LogP contribution is 2.23. The van der Waals surface area contributed by atoms with E-state index < -0.39 is 0 Å². The highest BCUT2D eigenvalue weighted by atomic mass is 15.1. The van der Waals surface area contributed by atoms with Crippen LogP contribution in [0.15, 0.2) is 0 Å². The Kier molecular flexibility index (Phi) is 5.97. The maximum Gasteiger partial charge on any atom is 0.0107 e. The summed E-state index contributed by atoms with van der Waals surface area (Å²) in [5, 5.41) is 3.77. The average molecular weight is 252 g/mol. The normalized spacial score (nSPS) is 31.7. The molecular formula is C16H32N2. The quantitative estimate of drug-likeness (QED) is 0.808. The molecule has 0 aromatic heterocycles. The summed E-state index contributed by atoms with van der Waals surface area (Å²) < 4.78 is 0. The molecule has 0 aromatic rings.